The Morgan fingerprint density at radius 1 is 1.23 bits per heavy atom. The van der Waals surface area contributed by atoms with E-state index in [4.69, 9.17) is 0 Å². The van der Waals surface area contributed by atoms with E-state index in [1.165, 1.54) is 11.1 Å². The molecule has 1 N–H and O–H groups in total. The molecule has 0 spiro atoms. The van der Waals surface area contributed by atoms with Crippen molar-refractivity contribution in [1.82, 2.24) is 4.90 Å². The van der Waals surface area contributed by atoms with Crippen molar-refractivity contribution in [2.75, 3.05) is 19.7 Å². The van der Waals surface area contributed by atoms with Gasteiger partial charge in [0, 0.05) is 25.8 Å². The lowest BCUT2D eigenvalue weighted by Gasteiger charge is -2.39. The lowest BCUT2D eigenvalue weighted by molar-refractivity contribution is -0.128. The van der Waals surface area contributed by atoms with E-state index in [9.17, 15) is 9.90 Å². The highest BCUT2D eigenvalue weighted by Gasteiger charge is 2.33. The van der Waals surface area contributed by atoms with Crippen LogP contribution < -0.4 is 0 Å². The number of rotatable bonds is 4. The molecule has 1 aromatic carbocycles. The second-order valence-corrected chi connectivity index (χ2v) is 6.59. The van der Waals surface area contributed by atoms with Crippen LogP contribution >= 0.6 is 0 Å². The molecule has 0 radical (unpaired) electrons. The Bertz CT molecular complexity index is 528. The summed E-state index contributed by atoms with van der Waals surface area (Å²) in [6, 6.07) is 6.30. The summed E-state index contributed by atoms with van der Waals surface area (Å²) in [5.41, 5.74) is 3.51. The molecule has 1 fully saturated rings. The minimum absolute atomic E-state index is 0.0220. The third-order valence-electron chi connectivity index (χ3n) is 4.88. The normalized spacial score (nSPS) is 17.9. The molecule has 1 heterocycles. The highest BCUT2D eigenvalue weighted by molar-refractivity contribution is 5.91. The molecule has 3 nitrogen and oxygen atoms in total. The average molecular weight is 301 g/mol. The van der Waals surface area contributed by atoms with Crippen molar-refractivity contribution in [2.24, 2.45) is 5.41 Å². The molecule has 0 aliphatic carbocycles. The van der Waals surface area contributed by atoms with Gasteiger partial charge >= 0.3 is 0 Å². The number of hydrogen-bond acceptors (Lipinski definition) is 2. The fraction of sp³-hybridized carbons (Fsp3) is 0.526. The molecule has 120 valence electrons. The van der Waals surface area contributed by atoms with E-state index in [-0.39, 0.29) is 17.9 Å². The van der Waals surface area contributed by atoms with E-state index < -0.39 is 0 Å². The van der Waals surface area contributed by atoms with Crippen LogP contribution in [0, 0.1) is 19.3 Å². The molecule has 0 atom stereocenters. The average Bonchev–Trinajstić information content (AvgIpc) is 2.52. The summed E-state index contributed by atoms with van der Waals surface area (Å²) in [6.45, 7) is 7.96. The highest BCUT2D eigenvalue weighted by Crippen LogP contribution is 2.34. The predicted molar refractivity (Wildman–Crippen MR) is 90.6 cm³/mol. The molecule has 1 saturated heterocycles. The molecule has 1 aliphatic heterocycles. The van der Waals surface area contributed by atoms with Crippen molar-refractivity contribution < 1.29 is 9.90 Å². The van der Waals surface area contributed by atoms with Crippen molar-refractivity contribution in [2.45, 2.75) is 40.0 Å². The summed E-state index contributed by atoms with van der Waals surface area (Å²) >= 11 is 0. The maximum absolute atomic E-state index is 12.3. The molecule has 1 aliphatic rings. The number of piperidine rings is 1. The zero-order chi connectivity index (χ0) is 16.2. The van der Waals surface area contributed by atoms with Gasteiger partial charge in [0.2, 0.25) is 5.91 Å². The fourth-order valence-corrected chi connectivity index (χ4v) is 3.20. The number of hydrogen-bond donors (Lipinski definition) is 1. The second kappa shape index (κ2) is 7.10. The van der Waals surface area contributed by atoms with Gasteiger partial charge in [-0.05, 0) is 50.2 Å². The van der Waals surface area contributed by atoms with Gasteiger partial charge in [-0.25, -0.2) is 0 Å². The number of aliphatic hydroxyl groups excluding tert-OH is 1. The van der Waals surface area contributed by atoms with E-state index in [0.717, 1.165) is 37.9 Å². The zero-order valence-electron chi connectivity index (χ0n) is 13.9. The number of aliphatic hydroxyl groups is 1. The predicted octanol–water partition coefficient (Wildman–Crippen LogP) is 3.33. The Hall–Kier alpha value is -1.61. The fourth-order valence-electron chi connectivity index (χ4n) is 3.20. The first-order chi connectivity index (χ1) is 10.5. The number of carbonyl (C=O) groups is 1. The lowest BCUT2D eigenvalue weighted by atomic mass is 9.77. The molecule has 0 saturated carbocycles. The Balaban J connectivity index is 1.97. The SMILES string of the molecule is CCC1(CO)CCN(C(=O)/C=C/c2cc(C)cc(C)c2)CC1. The minimum Gasteiger partial charge on any atom is -0.396 e. The van der Waals surface area contributed by atoms with Crippen molar-refractivity contribution >= 4 is 12.0 Å². The standard InChI is InChI=1S/C19H27NO2/c1-4-19(14-21)7-9-20(10-8-19)18(22)6-5-17-12-15(2)11-16(3)13-17/h5-6,11-13,21H,4,7-10,14H2,1-3H3/b6-5+. The molecular formula is C19H27NO2. The number of benzene rings is 1. The summed E-state index contributed by atoms with van der Waals surface area (Å²) < 4.78 is 0. The van der Waals surface area contributed by atoms with Gasteiger partial charge in [-0.3, -0.25) is 4.79 Å². The molecule has 3 heteroatoms. The van der Waals surface area contributed by atoms with Gasteiger partial charge in [0.1, 0.15) is 0 Å². The summed E-state index contributed by atoms with van der Waals surface area (Å²) in [5, 5.41) is 9.55. The van der Waals surface area contributed by atoms with Gasteiger partial charge in [0.15, 0.2) is 0 Å². The number of aryl methyl sites for hydroxylation is 2. The molecular weight excluding hydrogens is 274 g/mol. The van der Waals surface area contributed by atoms with Crippen LogP contribution in [-0.2, 0) is 4.79 Å². The van der Waals surface area contributed by atoms with E-state index in [1.54, 1.807) is 6.08 Å². The molecule has 0 unspecified atom stereocenters. The monoisotopic (exact) mass is 301 g/mol. The number of likely N-dealkylation sites (tertiary alicyclic amines) is 1. The van der Waals surface area contributed by atoms with Crippen LogP contribution in [0.1, 0.15) is 42.9 Å². The largest absolute Gasteiger partial charge is 0.396 e. The Morgan fingerprint density at radius 2 is 1.82 bits per heavy atom. The van der Waals surface area contributed by atoms with Crippen LogP contribution in [-0.4, -0.2) is 35.6 Å². The third-order valence-corrected chi connectivity index (χ3v) is 4.88. The van der Waals surface area contributed by atoms with Crippen LogP contribution in [0.3, 0.4) is 0 Å². The smallest absolute Gasteiger partial charge is 0.246 e. The van der Waals surface area contributed by atoms with Crippen LogP contribution in [0.2, 0.25) is 0 Å². The highest BCUT2D eigenvalue weighted by atomic mass is 16.3. The van der Waals surface area contributed by atoms with E-state index in [2.05, 4.69) is 39.0 Å². The third kappa shape index (κ3) is 3.98. The zero-order valence-corrected chi connectivity index (χ0v) is 13.9. The van der Waals surface area contributed by atoms with E-state index in [0.29, 0.717) is 0 Å². The Kier molecular flexibility index (Phi) is 5.41. The molecule has 1 amide bonds. The molecule has 2 rings (SSSR count). The minimum atomic E-state index is 0.0220. The van der Waals surface area contributed by atoms with Crippen LogP contribution in [0.5, 0.6) is 0 Å². The van der Waals surface area contributed by atoms with Gasteiger partial charge in [0.05, 0.1) is 0 Å². The summed E-state index contributed by atoms with van der Waals surface area (Å²) in [6.07, 6.45) is 6.33. The van der Waals surface area contributed by atoms with Gasteiger partial charge in [-0.1, -0.05) is 36.2 Å². The molecule has 22 heavy (non-hydrogen) atoms. The topological polar surface area (TPSA) is 40.5 Å². The summed E-state index contributed by atoms with van der Waals surface area (Å²) in [5.74, 6) is 0.0711. The van der Waals surface area contributed by atoms with Crippen LogP contribution in [0.15, 0.2) is 24.3 Å². The first kappa shape index (κ1) is 16.8. The molecule has 0 bridgehead atoms. The van der Waals surface area contributed by atoms with E-state index >= 15 is 0 Å². The maximum Gasteiger partial charge on any atom is 0.246 e. The first-order valence-electron chi connectivity index (χ1n) is 8.14. The molecule has 1 aromatic rings. The summed E-state index contributed by atoms with van der Waals surface area (Å²) in [7, 11) is 0. The Labute approximate surface area is 133 Å². The quantitative estimate of drug-likeness (QED) is 0.867. The first-order valence-corrected chi connectivity index (χ1v) is 8.14. The van der Waals surface area contributed by atoms with Crippen molar-refractivity contribution in [1.29, 1.82) is 0 Å². The van der Waals surface area contributed by atoms with Gasteiger partial charge in [0.25, 0.3) is 0 Å². The van der Waals surface area contributed by atoms with Crippen molar-refractivity contribution in [3.63, 3.8) is 0 Å². The summed E-state index contributed by atoms with van der Waals surface area (Å²) in [4.78, 5) is 14.2. The van der Waals surface area contributed by atoms with Crippen molar-refractivity contribution in [3.05, 3.63) is 41.0 Å². The lowest BCUT2D eigenvalue weighted by Crippen LogP contribution is -2.43. The number of nitrogens with zero attached hydrogens (tertiary/aromatic N) is 1. The molecule has 0 aromatic heterocycles. The number of amides is 1. The van der Waals surface area contributed by atoms with Gasteiger partial charge < -0.3 is 10.0 Å². The maximum atomic E-state index is 12.3. The van der Waals surface area contributed by atoms with Crippen molar-refractivity contribution in [3.8, 4) is 0 Å². The van der Waals surface area contributed by atoms with E-state index in [1.807, 2.05) is 11.0 Å². The van der Waals surface area contributed by atoms with Gasteiger partial charge in [-0.15, -0.1) is 0 Å². The number of carbonyl (C=O) groups excluding carboxylic acids is 1. The Morgan fingerprint density at radius 3 is 2.32 bits per heavy atom. The van der Waals surface area contributed by atoms with Crippen LogP contribution in [0.4, 0.5) is 0 Å². The van der Waals surface area contributed by atoms with Gasteiger partial charge in [-0.2, -0.15) is 0 Å². The second-order valence-electron chi connectivity index (χ2n) is 6.59. The van der Waals surface area contributed by atoms with Crippen LogP contribution in [0.25, 0.3) is 6.08 Å².